The fraction of sp³-hybridized carbons (Fsp3) is 0. The van der Waals surface area contributed by atoms with Crippen LogP contribution in [0.5, 0.6) is 0 Å². The predicted octanol–water partition coefficient (Wildman–Crippen LogP) is -0.165. The number of aromatic nitrogens is 3. The number of aldehydes is 1. The molecule has 0 spiro atoms. The summed E-state index contributed by atoms with van der Waals surface area (Å²) in [5.41, 5.74) is 0.512. The van der Waals surface area contributed by atoms with Gasteiger partial charge in [0.15, 0.2) is 11.9 Å². The molecule has 2 aromatic rings. The van der Waals surface area contributed by atoms with Crippen LogP contribution in [0, 0.1) is 0 Å². The average molecular weight is 163 g/mol. The van der Waals surface area contributed by atoms with Crippen LogP contribution in [-0.2, 0) is 0 Å². The number of hydrogen-bond acceptors (Lipinski definition) is 3. The highest BCUT2D eigenvalue weighted by molar-refractivity contribution is 5.83. The van der Waals surface area contributed by atoms with Crippen molar-refractivity contribution in [1.82, 2.24) is 14.6 Å². The van der Waals surface area contributed by atoms with Gasteiger partial charge in [-0.2, -0.15) is 0 Å². The Labute approximate surface area is 66.6 Å². The molecule has 0 aliphatic carbocycles. The van der Waals surface area contributed by atoms with Crippen molar-refractivity contribution in [2.75, 3.05) is 0 Å². The zero-order valence-electron chi connectivity index (χ0n) is 6.02. The van der Waals surface area contributed by atoms with Crippen molar-refractivity contribution in [3.05, 3.63) is 34.4 Å². The number of H-pyrrole nitrogens is 1. The molecule has 1 N–H and O–H groups in total. The van der Waals surface area contributed by atoms with E-state index < -0.39 is 0 Å². The third kappa shape index (κ3) is 0.763. The average Bonchev–Trinajstić information content (AvgIpc) is 2.49. The monoisotopic (exact) mass is 163 g/mol. The van der Waals surface area contributed by atoms with Gasteiger partial charge in [-0.3, -0.25) is 14.7 Å². The lowest BCUT2D eigenvalue weighted by Gasteiger charge is -1.88. The van der Waals surface area contributed by atoms with E-state index in [9.17, 15) is 9.59 Å². The van der Waals surface area contributed by atoms with Gasteiger partial charge in [0.25, 0.3) is 5.56 Å². The van der Waals surface area contributed by atoms with Gasteiger partial charge in [-0.25, -0.2) is 9.50 Å². The van der Waals surface area contributed by atoms with Crippen LogP contribution in [0.1, 0.15) is 10.4 Å². The molecule has 0 unspecified atom stereocenters. The predicted molar refractivity (Wildman–Crippen MR) is 41.2 cm³/mol. The van der Waals surface area contributed by atoms with Crippen molar-refractivity contribution < 1.29 is 4.79 Å². The number of carbonyl (C=O) groups excluding carboxylic acids is 1. The molecule has 5 heteroatoms. The molecular formula is C7H5N3O2. The maximum atomic E-state index is 11.1. The molecule has 0 aliphatic rings. The molecule has 5 nitrogen and oxygen atoms in total. The Morgan fingerprint density at radius 2 is 2.42 bits per heavy atom. The highest BCUT2D eigenvalue weighted by Gasteiger charge is 2.02. The molecular weight excluding hydrogens is 158 g/mol. The van der Waals surface area contributed by atoms with Crippen LogP contribution in [-0.4, -0.2) is 20.9 Å². The van der Waals surface area contributed by atoms with Crippen LogP contribution in [0.25, 0.3) is 5.65 Å². The first-order chi connectivity index (χ1) is 5.83. The summed E-state index contributed by atoms with van der Waals surface area (Å²) >= 11 is 0. The summed E-state index contributed by atoms with van der Waals surface area (Å²) in [6.07, 6.45) is 3.47. The van der Waals surface area contributed by atoms with Gasteiger partial charge >= 0.3 is 0 Å². The van der Waals surface area contributed by atoms with Crippen LogP contribution in [0.4, 0.5) is 0 Å². The zero-order chi connectivity index (χ0) is 8.55. The second-order valence-corrected chi connectivity index (χ2v) is 2.29. The Hall–Kier alpha value is -1.91. The minimum Gasteiger partial charge on any atom is -0.298 e. The summed E-state index contributed by atoms with van der Waals surface area (Å²) in [7, 11) is 0. The maximum absolute atomic E-state index is 11.1. The van der Waals surface area contributed by atoms with Gasteiger partial charge in [-0.05, 0) is 0 Å². The van der Waals surface area contributed by atoms with E-state index in [0.29, 0.717) is 17.5 Å². The van der Waals surface area contributed by atoms with Crippen LogP contribution in [0.2, 0.25) is 0 Å². The minimum absolute atomic E-state index is 0.229. The quantitative estimate of drug-likeness (QED) is 0.594. The molecule has 0 aliphatic heterocycles. The van der Waals surface area contributed by atoms with E-state index in [1.807, 2.05) is 0 Å². The highest BCUT2D eigenvalue weighted by atomic mass is 16.1. The Bertz CT molecular complexity index is 483. The first-order valence-electron chi connectivity index (χ1n) is 3.33. The van der Waals surface area contributed by atoms with Crippen molar-refractivity contribution in [2.45, 2.75) is 0 Å². The molecule has 0 aromatic carbocycles. The molecule has 2 aromatic heterocycles. The van der Waals surface area contributed by atoms with Gasteiger partial charge < -0.3 is 0 Å². The molecule has 60 valence electrons. The van der Waals surface area contributed by atoms with E-state index >= 15 is 0 Å². The van der Waals surface area contributed by atoms with Gasteiger partial charge in [0, 0.05) is 18.5 Å². The normalized spacial score (nSPS) is 10.3. The number of hydrogen-bond donors (Lipinski definition) is 1. The minimum atomic E-state index is -0.229. The van der Waals surface area contributed by atoms with E-state index in [0.717, 1.165) is 0 Å². The van der Waals surface area contributed by atoms with Crippen molar-refractivity contribution in [1.29, 1.82) is 0 Å². The van der Waals surface area contributed by atoms with Gasteiger partial charge in [0.2, 0.25) is 0 Å². The summed E-state index contributed by atoms with van der Waals surface area (Å²) in [6, 6.07) is 1.32. The molecule has 0 saturated carbocycles. The molecule has 0 atom stereocenters. The van der Waals surface area contributed by atoms with E-state index in [1.165, 1.54) is 23.0 Å². The van der Waals surface area contributed by atoms with E-state index in [-0.39, 0.29) is 5.56 Å². The van der Waals surface area contributed by atoms with Gasteiger partial charge in [0.1, 0.15) is 0 Å². The van der Waals surface area contributed by atoms with E-state index in [2.05, 4.69) is 10.1 Å². The van der Waals surface area contributed by atoms with Crippen LogP contribution >= 0.6 is 0 Å². The number of carbonyl (C=O) groups is 1. The van der Waals surface area contributed by atoms with Crippen molar-refractivity contribution in [3.8, 4) is 0 Å². The first kappa shape index (κ1) is 6.78. The van der Waals surface area contributed by atoms with Gasteiger partial charge in [-0.15, -0.1) is 0 Å². The SMILES string of the molecule is O=Cc1c[nH]n2c(=O)ccnc12. The third-order valence-corrected chi connectivity index (χ3v) is 1.58. The standard InChI is InChI=1S/C7H5N3O2/c11-4-5-3-9-10-6(12)1-2-8-7(5)10/h1-4,9H. The fourth-order valence-corrected chi connectivity index (χ4v) is 1.02. The summed E-state index contributed by atoms with van der Waals surface area (Å²) < 4.78 is 1.21. The van der Waals surface area contributed by atoms with Crippen LogP contribution < -0.4 is 5.56 Å². The molecule has 0 bridgehead atoms. The Morgan fingerprint density at radius 3 is 3.17 bits per heavy atom. The first-order valence-corrected chi connectivity index (χ1v) is 3.33. The number of nitrogens with one attached hydrogen (secondary N) is 1. The van der Waals surface area contributed by atoms with Crippen LogP contribution in [0.15, 0.2) is 23.3 Å². The summed E-state index contributed by atoms with van der Waals surface area (Å²) in [5.74, 6) is 0. The molecule has 0 saturated heterocycles. The smallest absolute Gasteiger partial charge is 0.272 e. The summed E-state index contributed by atoms with van der Waals surface area (Å²) in [4.78, 5) is 25.4. The number of fused-ring (bicyclic) bond motifs is 1. The van der Waals surface area contributed by atoms with Crippen LogP contribution in [0.3, 0.4) is 0 Å². The lowest BCUT2D eigenvalue weighted by Crippen LogP contribution is -2.12. The topological polar surface area (TPSA) is 67.2 Å². The zero-order valence-corrected chi connectivity index (χ0v) is 6.02. The molecule has 2 rings (SSSR count). The Kier molecular flexibility index (Phi) is 1.30. The van der Waals surface area contributed by atoms with Crippen molar-refractivity contribution >= 4 is 11.9 Å². The van der Waals surface area contributed by atoms with Gasteiger partial charge in [-0.1, -0.05) is 0 Å². The molecule has 2 heterocycles. The third-order valence-electron chi connectivity index (χ3n) is 1.58. The summed E-state index contributed by atoms with van der Waals surface area (Å²) in [5, 5.41) is 2.62. The second-order valence-electron chi connectivity index (χ2n) is 2.29. The summed E-state index contributed by atoms with van der Waals surface area (Å²) in [6.45, 7) is 0. The van der Waals surface area contributed by atoms with E-state index in [1.54, 1.807) is 0 Å². The van der Waals surface area contributed by atoms with Gasteiger partial charge in [0.05, 0.1) is 5.56 Å². The number of rotatable bonds is 1. The largest absolute Gasteiger partial charge is 0.298 e. The molecule has 0 radical (unpaired) electrons. The van der Waals surface area contributed by atoms with Crippen molar-refractivity contribution in [2.24, 2.45) is 0 Å². The maximum Gasteiger partial charge on any atom is 0.272 e. The second kappa shape index (κ2) is 2.30. The number of aromatic amines is 1. The lowest BCUT2D eigenvalue weighted by atomic mass is 10.4. The Balaban J connectivity index is 2.98. The number of nitrogens with zero attached hydrogens (tertiary/aromatic N) is 2. The van der Waals surface area contributed by atoms with E-state index in [4.69, 9.17) is 0 Å². The highest BCUT2D eigenvalue weighted by Crippen LogP contribution is 1.99. The Morgan fingerprint density at radius 1 is 1.58 bits per heavy atom. The van der Waals surface area contributed by atoms with Crippen molar-refractivity contribution in [3.63, 3.8) is 0 Å². The molecule has 12 heavy (non-hydrogen) atoms. The molecule has 0 amide bonds. The molecule has 0 fully saturated rings. The lowest BCUT2D eigenvalue weighted by molar-refractivity contribution is 0.112. The fourth-order valence-electron chi connectivity index (χ4n) is 1.02.